The van der Waals surface area contributed by atoms with Gasteiger partial charge >= 0.3 is 5.97 Å². The molecule has 4 atom stereocenters. The van der Waals surface area contributed by atoms with Crippen LogP contribution in [0.25, 0.3) is 10.4 Å². The fourth-order valence-electron chi connectivity index (χ4n) is 3.38. The first-order valence-corrected chi connectivity index (χ1v) is 9.26. The molecule has 0 fully saturated rings. The van der Waals surface area contributed by atoms with Crippen LogP contribution >= 0.6 is 0 Å². The van der Waals surface area contributed by atoms with Gasteiger partial charge in [0.15, 0.2) is 0 Å². The van der Waals surface area contributed by atoms with Crippen molar-refractivity contribution in [2.24, 2.45) is 11.0 Å². The molecule has 0 heterocycles. The van der Waals surface area contributed by atoms with E-state index < -0.39 is 24.2 Å². The number of ether oxygens (including phenoxy) is 2. The highest BCUT2D eigenvalue weighted by molar-refractivity contribution is 5.88. The minimum Gasteiger partial charge on any atom is -0.466 e. The molecule has 0 saturated heterocycles. The molecule has 0 aliphatic heterocycles. The van der Waals surface area contributed by atoms with E-state index in [1.54, 1.807) is 6.08 Å². The average Bonchev–Trinajstić information content (AvgIpc) is 2.65. The van der Waals surface area contributed by atoms with Crippen LogP contribution in [0.15, 0.2) is 16.8 Å². The van der Waals surface area contributed by atoms with Crippen molar-refractivity contribution in [1.29, 1.82) is 0 Å². The van der Waals surface area contributed by atoms with E-state index in [-0.39, 0.29) is 30.9 Å². The Morgan fingerprint density at radius 3 is 2.63 bits per heavy atom. The number of hydrogen-bond donors (Lipinski definition) is 2. The maximum atomic E-state index is 12.1. The second kappa shape index (κ2) is 11.6. The third kappa shape index (κ3) is 7.21. The van der Waals surface area contributed by atoms with E-state index in [0.29, 0.717) is 12.0 Å². The number of methoxy groups -OCH3 is 1. The van der Waals surface area contributed by atoms with Gasteiger partial charge in [0, 0.05) is 17.4 Å². The van der Waals surface area contributed by atoms with E-state index in [9.17, 15) is 14.7 Å². The molecule has 0 spiro atoms. The van der Waals surface area contributed by atoms with Gasteiger partial charge in [0.05, 0.1) is 38.0 Å². The summed E-state index contributed by atoms with van der Waals surface area (Å²) in [4.78, 5) is 26.5. The number of nitrogens with zero attached hydrogens (tertiary/aromatic N) is 3. The van der Waals surface area contributed by atoms with E-state index in [2.05, 4.69) is 15.3 Å². The van der Waals surface area contributed by atoms with Crippen LogP contribution in [0.1, 0.15) is 46.5 Å². The van der Waals surface area contributed by atoms with E-state index in [1.165, 1.54) is 14.0 Å². The van der Waals surface area contributed by atoms with Gasteiger partial charge in [0.25, 0.3) is 0 Å². The predicted octanol–water partition coefficient (Wildman–Crippen LogP) is 2.25. The van der Waals surface area contributed by atoms with Crippen molar-refractivity contribution >= 4 is 11.9 Å². The highest BCUT2D eigenvalue weighted by Crippen LogP contribution is 2.32. The summed E-state index contributed by atoms with van der Waals surface area (Å²) in [7, 11) is 1.31. The number of aliphatic hydroxyl groups excluding tert-OH is 1. The van der Waals surface area contributed by atoms with Gasteiger partial charge < -0.3 is 19.9 Å². The average molecular weight is 382 g/mol. The van der Waals surface area contributed by atoms with Gasteiger partial charge in [0.1, 0.15) is 0 Å². The Labute approximate surface area is 159 Å². The number of esters is 1. The zero-order chi connectivity index (χ0) is 20.4. The van der Waals surface area contributed by atoms with E-state index >= 15 is 0 Å². The van der Waals surface area contributed by atoms with Crippen LogP contribution in [0.5, 0.6) is 0 Å². The Balaban J connectivity index is 3.16. The van der Waals surface area contributed by atoms with Gasteiger partial charge in [-0.2, -0.15) is 0 Å². The molecule has 0 aromatic rings. The van der Waals surface area contributed by atoms with Crippen molar-refractivity contribution < 1.29 is 24.2 Å². The summed E-state index contributed by atoms with van der Waals surface area (Å²) < 4.78 is 11.0. The van der Waals surface area contributed by atoms with Crippen molar-refractivity contribution in [3.8, 4) is 0 Å². The quantitative estimate of drug-likeness (QED) is 0.259. The summed E-state index contributed by atoms with van der Waals surface area (Å²) in [6.07, 6.45) is 2.46. The molecule has 0 aromatic heterocycles. The Morgan fingerprint density at radius 1 is 1.44 bits per heavy atom. The lowest BCUT2D eigenvalue weighted by Gasteiger charge is -2.39. The maximum Gasteiger partial charge on any atom is 0.333 e. The number of nitrogens with one attached hydrogen (secondary N) is 1. The molecule has 1 aliphatic carbocycles. The summed E-state index contributed by atoms with van der Waals surface area (Å²) >= 11 is 0. The minimum atomic E-state index is -0.882. The van der Waals surface area contributed by atoms with Gasteiger partial charge in [-0.1, -0.05) is 19.0 Å². The van der Waals surface area contributed by atoms with Crippen LogP contribution in [0.3, 0.4) is 0 Å². The summed E-state index contributed by atoms with van der Waals surface area (Å²) in [6, 6.07) is -0.405. The SMILES string of the molecule is CCC(CC)O[C@@H]1C=C(C(=O)OC)C[C@H](CC(O)CN=[N+]=[N-])[C@H]1NC(C)=O. The maximum absolute atomic E-state index is 12.1. The molecule has 1 amide bonds. The van der Waals surface area contributed by atoms with Crippen LogP contribution in [0, 0.1) is 5.92 Å². The summed E-state index contributed by atoms with van der Waals surface area (Å²) in [5, 5.41) is 16.5. The van der Waals surface area contributed by atoms with Gasteiger partial charge in [0.2, 0.25) is 5.91 Å². The summed E-state index contributed by atoms with van der Waals surface area (Å²) in [6.45, 7) is 5.36. The van der Waals surface area contributed by atoms with Crippen molar-refractivity contribution in [1.82, 2.24) is 5.32 Å². The lowest BCUT2D eigenvalue weighted by Crippen LogP contribution is -2.52. The molecule has 9 nitrogen and oxygen atoms in total. The molecular weight excluding hydrogens is 352 g/mol. The number of aliphatic hydroxyl groups is 1. The number of amides is 1. The van der Waals surface area contributed by atoms with E-state index in [1.807, 2.05) is 13.8 Å². The first-order valence-electron chi connectivity index (χ1n) is 9.26. The lowest BCUT2D eigenvalue weighted by atomic mass is 9.79. The van der Waals surface area contributed by atoms with Crippen LogP contribution in [0.4, 0.5) is 0 Å². The molecule has 0 radical (unpaired) electrons. The fraction of sp³-hybridized carbons (Fsp3) is 0.778. The van der Waals surface area contributed by atoms with Gasteiger partial charge in [-0.25, -0.2) is 4.79 Å². The topological polar surface area (TPSA) is 134 Å². The Morgan fingerprint density at radius 2 is 2.11 bits per heavy atom. The Hall–Kier alpha value is -2.09. The fourth-order valence-corrected chi connectivity index (χ4v) is 3.38. The Bertz CT molecular complexity index is 584. The number of carbonyl (C=O) groups excluding carboxylic acids is 2. The van der Waals surface area contributed by atoms with Crippen LogP contribution < -0.4 is 5.32 Å². The Kier molecular flexibility index (Phi) is 9.85. The smallest absolute Gasteiger partial charge is 0.333 e. The number of rotatable bonds is 10. The molecule has 0 aromatic carbocycles. The van der Waals surface area contributed by atoms with Crippen LogP contribution in [-0.2, 0) is 19.1 Å². The lowest BCUT2D eigenvalue weighted by molar-refractivity contribution is -0.137. The zero-order valence-corrected chi connectivity index (χ0v) is 16.4. The molecular formula is C18H30N4O5. The van der Waals surface area contributed by atoms with Crippen molar-refractivity contribution in [3.05, 3.63) is 22.1 Å². The molecule has 27 heavy (non-hydrogen) atoms. The number of azide groups is 1. The van der Waals surface area contributed by atoms with Gasteiger partial charge in [-0.05, 0) is 43.2 Å². The molecule has 2 N–H and O–H groups in total. The highest BCUT2D eigenvalue weighted by Gasteiger charge is 2.38. The largest absolute Gasteiger partial charge is 0.466 e. The normalized spacial score (nSPS) is 23.2. The van der Waals surface area contributed by atoms with Gasteiger partial charge in [-0.15, -0.1) is 0 Å². The van der Waals surface area contributed by atoms with Crippen LogP contribution in [-0.4, -0.2) is 55.0 Å². The van der Waals surface area contributed by atoms with Crippen molar-refractivity contribution in [2.75, 3.05) is 13.7 Å². The molecule has 152 valence electrons. The van der Waals surface area contributed by atoms with Crippen molar-refractivity contribution in [3.63, 3.8) is 0 Å². The molecule has 1 unspecified atom stereocenters. The van der Waals surface area contributed by atoms with Crippen molar-refractivity contribution in [2.45, 2.75) is 70.8 Å². The third-order valence-corrected chi connectivity index (χ3v) is 4.72. The number of hydrogen-bond acceptors (Lipinski definition) is 6. The monoisotopic (exact) mass is 382 g/mol. The highest BCUT2D eigenvalue weighted by atomic mass is 16.5. The molecule has 1 rings (SSSR count). The van der Waals surface area contributed by atoms with Crippen LogP contribution in [0.2, 0.25) is 0 Å². The minimum absolute atomic E-state index is 0.0201. The molecule has 0 bridgehead atoms. The third-order valence-electron chi connectivity index (χ3n) is 4.72. The van der Waals surface area contributed by atoms with Gasteiger partial charge in [-0.3, -0.25) is 4.79 Å². The zero-order valence-electron chi connectivity index (χ0n) is 16.4. The second-order valence-corrected chi connectivity index (χ2v) is 6.72. The molecule has 0 saturated carbocycles. The second-order valence-electron chi connectivity index (χ2n) is 6.72. The van der Waals surface area contributed by atoms with E-state index in [0.717, 1.165) is 12.8 Å². The first kappa shape index (κ1) is 23.0. The summed E-state index contributed by atoms with van der Waals surface area (Å²) in [5.74, 6) is -0.942. The first-order chi connectivity index (χ1) is 12.9. The standard InChI is InChI=1S/C18H30N4O5/c1-5-15(6-2)27-16-9-13(18(25)26-4)7-12(17(16)21-11(3)23)8-14(24)10-20-22-19/h9,12,14-17,24H,5-8,10H2,1-4H3,(H,21,23)/t12-,14?,16-,17-/m1/s1. The molecule has 9 heteroatoms. The number of carbonyl (C=O) groups is 2. The van der Waals surface area contributed by atoms with E-state index in [4.69, 9.17) is 15.0 Å². The predicted molar refractivity (Wildman–Crippen MR) is 99.7 cm³/mol. The molecule has 1 aliphatic rings. The summed E-state index contributed by atoms with van der Waals surface area (Å²) in [5.41, 5.74) is 8.89.